The van der Waals surface area contributed by atoms with E-state index in [2.05, 4.69) is 11.3 Å². The molecular weight excluding hydrogens is 248 g/mol. The molecule has 0 unspecified atom stereocenters. The van der Waals surface area contributed by atoms with Crippen LogP contribution in [0.3, 0.4) is 0 Å². The number of nitrogens with two attached hydrogens (primary N) is 1. The van der Waals surface area contributed by atoms with Crippen LogP contribution in [0.25, 0.3) is 0 Å². The maximum atomic E-state index is 10.7. The number of fused-ring (bicyclic) bond motifs is 2. The minimum atomic E-state index is -0.644. The Bertz CT molecular complexity index is 444. The van der Waals surface area contributed by atoms with Gasteiger partial charge in [-0.2, -0.15) is 0 Å². The molecule has 1 fully saturated rings. The van der Waals surface area contributed by atoms with Gasteiger partial charge in [-0.05, 0) is 19.2 Å². The highest BCUT2D eigenvalue weighted by Crippen LogP contribution is 2.43. The van der Waals surface area contributed by atoms with Crippen LogP contribution < -0.4 is 16.0 Å². The molecule has 3 N–H and O–H groups in total. The Morgan fingerprint density at radius 3 is 2.63 bits per heavy atom. The molecule has 104 valence electrons. The molecule has 1 spiro atoms. The zero-order valence-electron chi connectivity index (χ0n) is 10.8. The molecule has 1 aromatic rings. The Hall–Kier alpha value is -1.47. The first kappa shape index (κ1) is 14.0. The minimum absolute atomic E-state index is 0.551. The van der Waals surface area contributed by atoms with Crippen molar-refractivity contribution in [3.05, 3.63) is 29.3 Å². The second-order valence-corrected chi connectivity index (χ2v) is 4.21. The van der Waals surface area contributed by atoms with E-state index in [9.17, 15) is 4.79 Å². The molecule has 1 saturated heterocycles. The maximum absolute atomic E-state index is 10.7. The summed E-state index contributed by atoms with van der Waals surface area (Å²) in [5.74, 6) is 4.65. The van der Waals surface area contributed by atoms with E-state index in [1.54, 1.807) is 19.2 Å². The van der Waals surface area contributed by atoms with Crippen molar-refractivity contribution in [2.24, 2.45) is 5.84 Å². The van der Waals surface area contributed by atoms with Gasteiger partial charge in [-0.3, -0.25) is 16.1 Å². The van der Waals surface area contributed by atoms with Crippen molar-refractivity contribution in [2.45, 2.75) is 12.2 Å². The number of nitrogens with one attached hydrogen (secondary N) is 1. The summed E-state index contributed by atoms with van der Waals surface area (Å²) in [4.78, 5) is 10.7. The largest absolute Gasteiger partial charge is 0.493 e. The molecule has 0 aliphatic carbocycles. The third-order valence-corrected chi connectivity index (χ3v) is 2.99. The van der Waals surface area contributed by atoms with Gasteiger partial charge in [-0.1, -0.05) is 6.07 Å². The highest BCUT2D eigenvalue weighted by Gasteiger charge is 2.43. The maximum Gasteiger partial charge on any atom is 0.201 e. The lowest BCUT2D eigenvalue weighted by Crippen LogP contribution is -2.33. The van der Waals surface area contributed by atoms with Crippen molar-refractivity contribution in [1.82, 2.24) is 5.43 Å². The minimum Gasteiger partial charge on any atom is -0.493 e. The van der Waals surface area contributed by atoms with Crippen LogP contribution in [-0.4, -0.2) is 33.2 Å². The molecule has 0 radical (unpaired) electrons. The molecular formula is C13H18N2O4. The zero-order chi connectivity index (χ0) is 13.7. The van der Waals surface area contributed by atoms with Crippen molar-refractivity contribution in [2.75, 3.05) is 26.9 Å². The SMILES string of the molecule is CNN.O=Cc1ccc2c(c1)OCCC21OCCO1. The van der Waals surface area contributed by atoms with Crippen molar-refractivity contribution in [3.63, 3.8) is 0 Å². The summed E-state index contributed by atoms with van der Waals surface area (Å²) >= 11 is 0. The fourth-order valence-electron chi connectivity index (χ4n) is 2.23. The van der Waals surface area contributed by atoms with Gasteiger partial charge in [0.25, 0.3) is 0 Å². The van der Waals surface area contributed by atoms with Gasteiger partial charge in [0.1, 0.15) is 12.0 Å². The van der Waals surface area contributed by atoms with E-state index in [0.29, 0.717) is 37.6 Å². The van der Waals surface area contributed by atoms with Gasteiger partial charge in [-0.15, -0.1) is 0 Å². The molecule has 6 nitrogen and oxygen atoms in total. The molecule has 1 aromatic carbocycles. The van der Waals surface area contributed by atoms with Crippen LogP contribution in [0.2, 0.25) is 0 Å². The van der Waals surface area contributed by atoms with Crippen LogP contribution in [0, 0.1) is 0 Å². The fraction of sp³-hybridized carbons (Fsp3) is 0.462. The van der Waals surface area contributed by atoms with E-state index in [1.165, 1.54) is 0 Å². The molecule has 0 aromatic heterocycles. The van der Waals surface area contributed by atoms with E-state index in [-0.39, 0.29) is 0 Å². The number of hydrogen-bond acceptors (Lipinski definition) is 6. The predicted octanol–water partition coefficient (Wildman–Crippen LogP) is 0.561. The Morgan fingerprint density at radius 2 is 2.00 bits per heavy atom. The van der Waals surface area contributed by atoms with Gasteiger partial charge < -0.3 is 14.2 Å². The number of benzene rings is 1. The summed E-state index contributed by atoms with van der Waals surface area (Å²) in [6.45, 7) is 1.76. The number of carbonyl (C=O) groups is 1. The van der Waals surface area contributed by atoms with Crippen LogP contribution in [0.15, 0.2) is 18.2 Å². The highest BCUT2D eigenvalue weighted by molar-refractivity contribution is 5.76. The van der Waals surface area contributed by atoms with Crippen LogP contribution in [0.5, 0.6) is 5.75 Å². The molecule has 3 rings (SSSR count). The normalized spacial score (nSPS) is 19.1. The molecule has 0 amide bonds. The first-order chi connectivity index (χ1) is 9.25. The second kappa shape index (κ2) is 6.12. The van der Waals surface area contributed by atoms with E-state index in [0.717, 1.165) is 11.8 Å². The van der Waals surface area contributed by atoms with Gasteiger partial charge in [0.15, 0.2) is 0 Å². The fourth-order valence-corrected chi connectivity index (χ4v) is 2.23. The lowest BCUT2D eigenvalue weighted by atomic mass is 9.98. The summed E-state index contributed by atoms with van der Waals surface area (Å²) in [6, 6.07) is 5.34. The monoisotopic (exact) mass is 266 g/mol. The first-order valence-electron chi connectivity index (χ1n) is 6.13. The summed E-state index contributed by atoms with van der Waals surface area (Å²) in [6.07, 6.45) is 1.50. The lowest BCUT2D eigenvalue weighted by Gasteiger charge is -2.33. The third kappa shape index (κ3) is 2.76. The molecule has 2 aliphatic rings. The van der Waals surface area contributed by atoms with E-state index in [4.69, 9.17) is 14.2 Å². The van der Waals surface area contributed by atoms with Crippen molar-refractivity contribution in [1.29, 1.82) is 0 Å². The van der Waals surface area contributed by atoms with Gasteiger partial charge >= 0.3 is 0 Å². The average molecular weight is 266 g/mol. The predicted molar refractivity (Wildman–Crippen MR) is 68.8 cm³/mol. The van der Waals surface area contributed by atoms with Gasteiger partial charge in [-0.25, -0.2) is 0 Å². The Labute approximate surface area is 111 Å². The standard InChI is InChI=1S/C12H12O4.CH6N2/c13-8-9-1-2-10-11(7-9)14-4-3-12(10)15-5-6-16-12;1-3-2/h1-2,7-8H,3-6H2;3H,2H2,1H3. The van der Waals surface area contributed by atoms with Crippen molar-refractivity contribution in [3.8, 4) is 5.75 Å². The molecule has 19 heavy (non-hydrogen) atoms. The Balaban J connectivity index is 0.000000408. The quantitative estimate of drug-likeness (QED) is 0.439. The van der Waals surface area contributed by atoms with Gasteiger partial charge in [0.05, 0.1) is 25.4 Å². The highest BCUT2D eigenvalue weighted by atomic mass is 16.7. The number of ether oxygens (including phenoxy) is 3. The lowest BCUT2D eigenvalue weighted by molar-refractivity contribution is -0.183. The molecule has 0 saturated carbocycles. The molecule has 2 aliphatic heterocycles. The Morgan fingerprint density at radius 1 is 1.32 bits per heavy atom. The smallest absolute Gasteiger partial charge is 0.201 e. The zero-order valence-corrected chi connectivity index (χ0v) is 10.8. The number of rotatable bonds is 1. The number of hydrazine groups is 1. The van der Waals surface area contributed by atoms with Gasteiger partial charge in [0, 0.05) is 12.0 Å². The van der Waals surface area contributed by atoms with Gasteiger partial charge in [0.2, 0.25) is 5.79 Å². The van der Waals surface area contributed by atoms with Crippen LogP contribution in [0.1, 0.15) is 22.3 Å². The topological polar surface area (TPSA) is 82.8 Å². The van der Waals surface area contributed by atoms with Crippen LogP contribution >= 0.6 is 0 Å². The number of aldehydes is 1. The first-order valence-corrected chi connectivity index (χ1v) is 6.13. The third-order valence-electron chi connectivity index (χ3n) is 2.99. The summed E-state index contributed by atoms with van der Waals surface area (Å²) < 4.78 is 16.9. The second-order valence-electron chi connectivity index (χ2n) is 4.21. The average Bonchev–Trinajstić information content (AvgIpc) is 2.89. The summed E-state index contributed by atoms with van der Waals surface area (Å²) in [5, 5.41) is 0. The Kier molecular flexibility index (Phi) is 4.49. The molecule has 2 heterocycles. The molecule has 6 heteroatoms. The number of carbonyl (C=O) groups excluding carboxylic acids is 1. The van der Waals surface area contributed by atoms with Crippen molar-refractivity contribution < 1.29 is 19.0 Å². The van der Waals surface area contributed by atoms with E-state index >= 15 is 0 Å². The summed E-state index contributed by atoms with van der Waals surface area (Å²) in [7, 11) is 1.65. The van der Waals surface area contributed by atoms with Crippen LogP contribution in [-0.2, 0) is 15.3 Å². The molecule has 0 bridgehead atoms. The van der Waals surface area contributed by atoms with Crippen LogP contribution in [0.4, 0.5) is 0 Å². The van der Waals surface area contributed by atoms with E-state index in [1.807, 2.05) is 6.07 Å². The van der Waals surface area contributed by atoms with E-state index < -0.39 is 5.79 Å². The number of hydrogen-bond donors (Lipinski definition) is 2. The molecule has 0 atom stereocenters. The van der Waals surface area contributed by atoms with Crippen molar-refractivity contribution >= 4 is 6.29 Å². The summed E-state index contributed by atoms with van der Waals surface area (Å²) in [5.41, 5.74) is 3.75.